The average Bonchev–Trinajstić information content (AvgIpc) is 3.26. The topological polar surface area (TPSA) is 101 Å². The first-order valence-corrected chi connectivity index (χ1v) is 9.90. The number of fused-ring (bicyclic) bond motifs is 3. The summed E-state index contributed by atoms with van der Waals surface area (Å²) in [5, 5.41) is 14.0. The molecule has 2 aliphatic heterocycles. The minimum Gasteiger partial charge on any atom is -0.360 e. The minimum absolute atomic E-state index is 0.0363. The van der Waals surface area contributed by atoms with E-state index in [0.29, 0.717) is 29.4 Å². The maximum atomic E-state index is 12.7. The van der Waals surface area contributed by atoms with E-state index in [2.05, 4.69) is 25.7 Å². The molecule has 1 saturated heterocycles. The zero-order chi connectivity index (χ0) is 20.0. The Bertz CT molecular complexity index is 1110. The molecule has 0 aliphatic carbocycles. The van der Waals surface area contributed by atoms with Crippen molar-refractivity contribution in [2.45, 2.75) is 26.3 Å². The number of piperidine rings is 1. The first kappa shape index (κ1) is 17.9. The molecular formula is C21H23N5O3. The lowest BCUT2D eigenvalue weighted by Gasteiger charge is -2.37. The Kier molecular flexibility index (Phi) is 4.16. The van der Waals surface area contributed by atoms with E-state index < -0.39 is 0 Å². The third-order valence-electron chi connectivity index (χ3n) is 6.05. The molecule has 150 valence electrons. The fourth-order valence-corrected chi connectivity index (χ4v) is 4.41. The van der Waals surface area contributed by atoms with Gasteiger partial charge in [0.2, 0.25) is 0 Å². The number of carbonyl (C=O) groups excluding carboxylic acids is 2. The molecule has 8 heteroatoms. The van der Waals surface area contributed by atoms with Crippen LogP contribution in [0.2, 0.25) is 0 Å². The predicted molar refractivity (Wildman–Crippen MR) is 108 cm³/mol. The summed E-state index contributed by atoms with van der Waals surface area (Å²) in [4.78, 5) is 25.4. The molecule has 0 atom stereocenters. The fourth-order valence-electron chi connectivity index (χ4n) is 4.41. The highest BCUT2D eigenvalue weighted by Crippen LogP contribution is 2.35. The minimum atomic E-state index is -0.259. The van der Waals surface area contributed by atoms with Crippen LogP contribution in [0.4, 0.5) is 5.82 Å². The normalized spacial score (nSPS) is 18.3. The molecule has 5 rings (SSSR count). The lowest BCUT2D eigenvalue weighted by molar-refractivity contribution is 0.0928. The largest absolute Gasteiger partial charge is 0.360 e. The van der Waals surface area contributed by atoms with Crippen LogP contribution in [-0.2, 0) is 6.54 Å². The second-order valence-electron chi connectivity index (χ2n) is 8.10. The van der Waals surface area contributed by atoms with E-state index in [9.17, 15) is 9.59 Å². The van der Waals surface area contributed by atoms with Crippen LogP contribution >= 0.6 is 0 Å². The average molecular weight is 393 g/mol. The zero-order valence-electron chi connectivity index (χ0n) is 16.2. The molecule has 0 unspecified atom stereocenters. The van der Waals surface area contributed by atoms with Crippen LogP contribution in [0.15, 0.2) is 34.9 Å². The smallest absolute Gasteiger partial charge is 0.267 e. The molecule has 4 heterocycles. The summed E-state index contributed by atoms with van der Waals surface area (Å²) < 4.78 is 7.09. The van der Waals surface area contributed by atoms with E-state index >= 15 is 0 Å². The van der Waals surface area contributed by atoms with Gasteiger partial charge in [-0.3, -0.25) is 9.59 Å². The van der Waals surface area contributed by atoms with E-state index in [0.717, 1.165) is 43.4 Å². The van der Waals surface area contributed by atoms with Crippen molar-refractivity contribution in [3.05, 3.63) is 47.3 Å². The molecule has 1 spiro atoms. The van der Waals surface area contributed by atoms with Crippen LogP contribution in [0.5, 0.6) is 0 Å². The first-order valence-electron chi connectivity index (χ1n) is 9.90. The Balaban J connectivity index is 1.52. The lowest BCUT2D eigenvalue weighted by Crippen LogP contribution is -2.44. The predicted octanol–water partition coefficient (Wildman–Crippen LogP) is 2.30. The standard InChI is InChI=1S/C21H23N5O3/c1-13-8-18(25-29-13)24-19(27)15-3-2-14-9-17-20(28)23-11-21(4-6-22-7-5-21)12-26(17)16(14)10-15/h2-3,8-10,22H,4-7,11-12H2,1H3,(H,23,28)(H,24,25,27). The van der Waals surface area contributed by atoms with Crippen molar-refractivity contribution in [1.29, 1.82) is 0 Å². The van der Waals surface area contributed by atoms with E-state index in [1.165, 1.54) is 0 Å². The second-order valence-corrected chi connectivity index (χ2v) is 8.10. The van der Waals surface area contributed by atoms with Crippen molar-refractivity contribution >= 4 is 28.5 Å². The number of amides is 2. The SMILES string of the molecule is Cc1cc(NC(=O)c2ccc3cc4n(c3c2)CC2(CCNCC2)CNC4=O)no1. The molecule has 1 fully saturated rings. The van der Waals surface area contributed by atoms with Gasteiger partial charge in [-0.2, -0.15) is 0 Å². The summed E-state index contributed by atoms with van der Waals surface area (Å²) in [6.07, 6.45) is 2.02. The number of anilines is 1. The zero-order valence-corrected chi connectivity index (χ0v) is 16.2. The van der Waals surface area contributed by atoms with Gasteiger partial charge < -0.3 is 25.0 Å². The van der Waals surface area contributed by atoms with E-state index in [1.807, 2.05) is 18.2 Å². The quantitative estimate of drug-likeness (QED) is 0.620. The third-order valence-corrected chi connectivity index (χ3v) is 6.05. The molecule has 3 N–H and O–H groups in total. The van der Waals surface area contributed by atoms with Gasteiger partial charge in [-0.05, 0) is 51.1 Å². The number of rotatable bonds is 2. The van der Waals surface area contributed by atoms with E-state index in [4.69, 9.17) is 4.52 Å². The molecule has 29 heavy (non-hydrogen) atoms. The van der Waals surface area contributed by atoms with Gasteiger partial charge in [-0.15, -0.1) is 0 Å². The molecule has 0 radical (unpaired) electrons. The van der Waals surface area contributed by atoms with Gasteiger partial charge in [-0.25, -0.2) is 0 Å². The third kappa shape index (κ3) is 3.19. The summed E-state index contributed by atoms with van der Waals surface area (Å²) in [5.74, 6) is 0.701. The number of aryl methyl sites for hydroxylation is 1. The molecule has 3 aromatic rings. The number of nitrogens with one attached hydrogen (secondary N) is 3. The summed E-state index contributed by atoms with van der Waals surface area (Å²) >= 11 is 0. The van der Waals surface area contributed by atoms with Gasteiger partial charge in [0.1, 0.15) is 11.5 Å². The van der Waals surface area contributed by atoms with Crippen molar-refractivity contribution in [3.63, 3.8) is 0 Å². The van der Waals surface area contributed by atoms with Crippen LogP contribution in [0.1, 0.15) is 39.4 Å². The number of carbonyl (C=O) groups is 2. The number of benzene rings is 1. The van der Waals surface area contributed by atoms with Crippen LogP contribution in [0.25, 0.3) is 10.9 Å². The lowest BCUT2D eigenvalue weighted by atomic mass is 9.78. The Morgan fingerprint density at radius 2 is 2.07 bits per heavy atom. The number of nitrogens with zero attached hydrogens (tertiary/aromatic N) is 2. The number of hydrogen-bond donors (Lipinski definition) is 3. The highest BCUT2D eigenvalue weighted by Gasteiger charge is 2.37. The Hall–Kier alpha value is -3.13. The molecule has 2 amide bonds. The Morgan fingerprint density at radius 3 is 2.83 bits per heavy atom. The summed E-state index contributed by atoms with van der Waals surface area (Å²) in [5.41, 5.74) is 2.11. The molecule has 1 aromatic carbocycles. The highest BCUT2D eigenvalue weighted by atomic mass is 16.5. The van der Waals surface area contributed by atoms with Gasteiger partial charge >= 0.3 is 0 Å². The molecule has 0 saturated carbocycles. The highest BCUT2D eigenvalue weighted by molar-refractivity contribution is 6.07. The fraction of sp³-hybridized carbons (Fsp3) is 0.381. The van der Waals surface area contributed by atoms with Crippen LogP contribution in [0.3, 0.4) is 0 Å². The maximum Gasteiger partial charge on any atom is 0.267 e. The van der Waals surface area contributed by atoms with Crippen LogP contribution in [-0.4, -0.2) is 41.2 Å². The number of aromatic nitrogens is 2. The maximum absolute atomic E-state index is 12.7. The molecule has 0 bridgehead atoms. The number of hydrogen-bond acceptors (Lipinski definition) is 5. The van der Waals surface area contributed by atoms with Crippen molar-refractivity contribution in [3.8, 4) is 0 Å². The van der Waals surface area contributed by atoms with Gasteiger partial charge in [0.25, 0.3) is 11.8 Å². The molecular weight excluding hydrogens is 370 g/mol. The van der Waals surface area contributed by atoms with Crippen molar-refractivity contribution < 1.29 is 14.1 Å². The molecule has 2 aromatic heterocycles. The van der Waals surface area contributed by atoms with Crippen LogP contribution < -0.4 is 16.0 Å². The second kappa shape index (κ2) is 6.73. The Labute approximate surface area is 167 Å². The Morgan fingerprint density at radius 1 is 1.24 bits per heavy atom. The molecule has 2 aliphatic rings. The molecule has 8 nitrogen and oxygen atoms in total. The van der Waals surface area contributed by atoms with Gasteiger partial charge in [0.05, 0.1) is 0 Å². The van der Waals surface area contributed by atoms with Crippen molar-refractivity contribution in [1.82, 2.24) is 20.4 Å². The summed E-state index contributed by atoms with van der Waals surface area (Å²) in [6.45, 7) is 5.12. The van der Waals surface area contributed by atoms with Crippen molar-refractivity contribution in [2.24, 2.45) is 5.41 Å². The van der Waals surface area contributed by atoms with Crippen LogP contribution in [0, 0.1) is 12.3 Å². The van der Waals surface area contributed by atoms with E-state index in [1.54, 1.807) is 19.1 Å². The summed E-state index contributed by atoms with van der Waals surface area (Å²) in [6, 6.07) is 9.10. The van der Waals surface area contributed by atoms with Gasteiger partial charge in [-0.1, -0.05) is 11.2 Å². The monoisotopic (exact) mass is 393 g/mol. The first-order chi connectivity index (χ1) is 14.0. The summed E-state index contributed by atoms with van der Waals surface area (Å²) in [7, 11) is 0. The van der Waals surface area contributed by atoms with Gasteiger partial charge in [0, 0.05) is 41.0 Å². The van der Waals surface area contributed by atoms with Gasteiger partial charge in [0.15, 0.2) is 5.82 Å². The van der Waals surface area contributed by atoms with E-state index in [-0.39, 0.29) is 17.2 Å². The van der Waals surface area contributed by atoms with Crippen molar-refractivity contribution in [2.75, 3.05) is 25.0 Å².